The maximum absolute atomic E-state index is 13.6. The van der Waals surface area contributed by atoms with Crippen LogP contribution < -0.4 is 14.8 Å². The summed E-state index contributed by atoms with van der Waals surface area (Å²) in [4.78, 5) is 16.0. The summed E-state index contributed by atoms with van der Waals surface area (Å²) in [5, 5.41) is 3.25. The van der Waals surface area contributed by atoms with Gasteiger partial charge in [-0.25, -0.2) is 0 Å². The number of fused-ring (bicyclic) bond motifs is 1. The maximum Gasteiger partial charge on any atom is 0.231 e. The fraction of sp³-hybridized carbons (Fsp3) is 0.500. The first-order valence-corrected chi connectivity index (χ1v) is 11.8. The van der Waals surface area contributed by atoms with Crippen molar-refractivity contribution < 1.29 is 19.0 Å². The first-order valence-electron chi connectivity index (χ1n) is 11.8. The molecule has 0 bridgehead atoms. The number of hydrogen-bond donors (Lipinski definition) is 1. The Hall–Kier alpha value is -2.57. The van der Waals surface area contributed by atoms with Crippen molar-refractivity contribution in [3.63, 3.8) is 0 Å². The molecule has 1 N–H and O–H groups in total. The molecule has 1 saturated heterocycles. The molecule has 6 heteroatoms. The third-order valence-electron chi connectivity index (χ3n) is 7.03. The van der Waals surface area contributed by atoms with E-state index in [-0.39, 0.29) is 18.8 Å². The Morgan fingerprint density at radius 2 is 1.84 bits per heavy atom. The molecule has 2 aliphatic heterocycles. The number of nitrogens with zero attached hydrogens (tertiary/aromatic N) is 1. The van der Waals surface area contributed by atoms with Crippen LogP contribution in [0.4, 0.5) is 0 Å². The standard InChI is InChI=1S/C26H32N2O4/c29-25(27-16-22-18-28(13-14-30-22)17-20-7-3-1-4-8-20)26(11-5-2-6-12-26)21-9-10-23-24(15-21)32-19-31-23/h1,3-4,7-10,15,22H,2,5-6,11-14,16-19H2,(H,27,29). The summed E-state index contributed by atoms with van der Waals surface area (Å²) in [6, 6.07) is 16.5. The molecule has 6 nitrogen and oxygen atoms in total. The molecule has 170 valence electrons. The van der Waals surface area contributed by atoms with Gasteiger partial charge in [-0.1, -0.05) is 55.7 Å². The second-order valence-electron chi connectivity index (χ2n) is 9.13. The van der Waals surface area contributed by atoms with Gasteiger partial charge >= 0.3 is 0 Å². The number of nitrogens with one attached hydrogen (secondary N) is 1. The lowest BCUT2D eigenvalue weighted by Crippen LogP contribution is -2.51. The number of ether oxygens (including phenoxy) is 3. The van der Waals surface area contributed by atoms with Crippen LogP contribution in [0.1, 0.15) is 43.2 Å². The molecule has 1 saturated carbocycles. The van der Waals surface area contributed by atoms with Gasteiger partial charge in [-0.2, -0.15) is 0 Å². The number of amides is 1. The largest absolute Gasteiger partial charge is 0.454 e. The minimum atomic E-state index is -0.502. The van der Waals surface area contributed by atoms with Gasteiger partial charge in [0.1, 0.15) is 0 Å². The summed E-state index contributed by atoms with van der Waals surface area (Å²) in [6.45, 7) is 4.13. The predicted octanol–water partition coefficient (Wildman–Crippen LogP) is 3.63. The number of hydrogen-bond acceptors (Lipinski definition) is 5. The highest BCUT2D eigenvalue weighted by atomic mass is 16.7. The van der Waals surface area contributed by atoms with E-state index in [4.69, 9.17) is 14.2 Å². The third-order valence-corrected chi connectivity index (χ3v) is 7.03. The summed E-state index contributed by atoms with van der Waals surface area (Å²) >= 11 is 0. The monoisotopic (exact) mass is 436 g/mol. The Balaban J connectivity index is 1.24. The second-order valence-corrected chi connectivity index (χ2v) is 9.13. The minimum Gasteiger partial charge on any atom is -0.454 e. The van der Waals surface area contributed by atoms with Crippen LogP contribution in [0.15, 0.2) is 48.5 Å². The SMILES string of the molecule is O=C(NCC1CN(Cc2ccccc2)CCO1)C1(c2ccc3c(c2)OCO3)CCCCC1. The zero-order valence-corrected chi connectivity index (χ0v) is 18.6. The Kier molecular flexibility index (Phi) is 6.32. The molecular weight excluding hydrogens is 404 g/mol. The number of morpholine rings is 1. The van der Waals surface area contributed by atoms with E-state index >= 15 is 0 Å². The topological polar surface area (TPSA) is 60.0 Å². The van der Waals surface area contributed by atoms with E-state index in [9.17, 15) is 4.79 Å². The van der Waals surface area contributed by atoms with Crippen LogP contribution in [0.3, 0.4) is 0 Å². The van der Waals surface area contributed by atoms with Gasteiger partial charge in [0.25, 0.3) is 0 Å². The van der Waals surface area contributed by atoms with Gasteiger partial charge in [0.15, 0.2) is 11.5 Å². The normalized spacial score (nSPS) is 22.4. The van der Waals surface area contributed by atoms with E-state index in [1.165, 1.54) is 12.0 Å². The number of carbonyl (C=O) groups excluding carboxylic acids is 1. The summed E-state index contributed by atoms with van der Waals surface area (Å²) in [7, 11) is 0. The van der Waals surface area contributed by atoms with Crippen LogP contribution in [0, 0.1) is 0 Å². The van der Waals surface area contributed by atoms with E-state index < -0.39 is 5.41 Å². The van der Waals surface area contributed by atoms with Crippen LogP contribution in [0.2, 0.25) is 0 Å². The quantitative estimate of drug-likeness (QED) is 0.749. The zero-order chi connectivity index (χ0) is 21.8. The summed E-state index contributed by atoms with van der Waals surface area (Å²) < 4.78 is 17.1. The Bertz CT molecular complexity index is 927. The third kappa shape index (κ3) is 4.48. The molecular formula is C26H32N2O4. The molecule has 5 rings (SSSR count). The van der Waals surface area contributed by atoms with Gasteiger partial charge in [0.2, 0.25) is 12.7 Å². The van der Waals surface area contributed by atoms with E-state index in [1.54, 1.807) is 0 Å². The van der Waals surface area contributed by atoms with Crippen molar-refractivity contribution in [3.8, 4) is 11.5 Å². The summed E-state index contributed by atoms with van der Waals surface area (Å²) in [5.41, 5.74) is 1.84. The van der Waals surface area contributed by atoms with Crippen LogP contribution >= 0.6 is 0 Å². The Morgan fingerprint density at radius 1 is 1.03 bits per heavy atom. The van der Waals surface area contributed by atoms with Gasteiger partial charge in [0, 0.05) is 26.2 Å². The highest BCUT2D eigenvalue weighted by Gasteiger charge is 2.42. The molecule has 1 unspecified atom stereocenters. The molecule has 0 spiro atoms. The molecule has 2 heterocycles. The van der Waals surface area contributed by atoms with Gasteiger partial charge in [-0.05, 0) is 36.1 Å². The molecule has 32 heavy (non-hydrogen) atoms. The first-order chi connectivity index (χ1) is 15.7. The average Bonchev–Trinajstić information content (AvgIpc) is 3.32. The summed E-state index contributed by atoms with van der Waals surface area (Å²) in [5.74, 6) is 1.61. The molecule has 2 aromatic carbocycles. The molecule has 2 aromatic rings. The smallest absolute Gasteiger partial charge is 0.231 e. The van der Waals surface area contributed by atoms with Gasteiger partial charge in [-0.3, -0.25) is 9.69 Å². The molecule has 1 amide bonds. The van der Waals surface area contributed by atoms with Gasteiger partial charge in [-0.15, -0.1) is 0 Å². The molecule has 0 aromatic heterocycles. The lowest BCUT2D eigenvalue weighted by molar-refractivity contribution is -0.129. The van der Waals surface area contributed by atoms with E-state index in [2.05, 4.69) is 34.5 Å². The summed E-state index contributed by atoms with van der Waals surface area (Å²) in [6.07, 6.45) is 5.04. The van der Waals surface area contributed by atoms with Crippen LogP contribution in [-0.4, -0.2) is 49.9 Å². The lowest BCUT2D eigenvalue weighted by atomic mass is 9.68. The molecule has 3 aliphatic rings. The van der Waals surface area contributed by atoms with Crippen molar-refractivity contribution in [3.05, 3.63) is 59.7 Å². The minimum absolute atomic E-state index is 0.00815. The number of benzene rings is 2. The van der Waals surface area contributed by atoms with E-state index in [0.29, 0.717) is 13.2 Å². The number of rotatable bonds is 6. The average molecular weight is 437 g/mol. The highest BCUT2D eigenvalue weighted by molar-refractivity contribution is 5.88. The first kappa shape index (κ1) is 21.3. The Morgan fingerprint density at radius 3 is 2.69 bits per heavy atom. The molecule has 1 aliphatic carbocycles. The van der Waals surface area contributed by atoms with Crippen molar-refractivity contribution in [2.24, 2.45) is 0 Å². The van der Waals surface area contributed by atoms with E-state index in [1.807, 2.05) is 24.3 Å². The number of carbonyl (C=O) groups is 1. The second kappa shape index (κ2) is 9.51. The van der Waals surface area contributed by atoms with Crippen molar-refractivity contribution >= 4 is 5.91 Å². The molecule has 0 radical (unpaired) electrons. The van der Waals surface area contributed by atoms with Crippen molar-refractivity contribution in [1.29, 1.82) is 0 Å². The van der Waals surface area contributed by atoms with Crippen molar-refractivity contribution in [2.75, 3.05) is 33.0 Å². The Labute approximate surface area is 189 Å². The van der Waals surface area contributed by atoms with Crippen molar-refractivity contribution in [2.45, 2.75) is 50.2 Å². The van der Waals surface area contributed by atoms with E-state index in [0.717, 1.165) is 62.4 Å². The maximum atomic E-state index is 13.6. The fourth-order valence-electron chi connectivity index (χ4n) is 5.26. The van der Waals surface area contributed by atoms with Crippen LogP contribution in [0.25, 0.3) is 0 Å². The van der Waals surface area contributed by atoms with Gasteiger partial charge < -0.3 is 19.5 Å². The highest BCUT2D eigenvalue weighted by Crippen LogP contribution is 2.43. The van der Waals surface area contributed by atoms with Crippen molar-refractivity contribution in [1.82, 2.24) is 10.2 Å². The zero-order valence-electron chi connectivity index (χ0n) is 18.6. The molecule has 2 fully saturated rings. The molecule has 1 atom stereocenters. The predicted molar refractivity (Wildman–Crippen MR) is 122 cm³/mol. The van der Waals surface area contributed by atoms with Crippen LogP contribution in [-0.2, 0) is 21.5 Å². The fourth-order valence-corrected chi connectivity index (χ4v) is 5.26. The van der Waals surface area contributed by atoms with Crippen LogP contribution in [0.5, 0.6) is 11.5 Å². The lowest BCUT2D eigenvalue weighted by Gasteiger charge is -2.38. The van der Waals surface area contributed by atoms with Gasteiger partial charge in [0.05, 0.1) is 18.1 Å².